The van der Waals surface area contributed by atoms with Gasteiger partial charge < -0.3 is 18.7 Å². The Morgan fingerprint density at radius 3 is 2.56 bits per heavy atom. The van der Waals surface area contributed by atoms with Crippen LogP contribution >= 0.6 is 0 Å². The molecule has 1 saturated carbocycles. The van der Waals surface area contributed by atoms with Crippen LogP contribution in [0.2, 0.25) is 0 Å². The summed E-state index contributed by atoms with van der Waals surface area (Å²) < 4.78 is 15.7. The number of hydrogen-bond acceptors (Lipinski definition) is 7. The molecule has 2 aromatic heterocycles. The van der Waals surface area contributed by atoms with E-state index in [2.05, 4.69) is 15.3 Å². The number of hydrogen-bond donors (Lipinski definition) is 0. The van der Waals surface area contributed by atoms with Gasteiger partial charge in [-0.3, -0.25) is 4.79 Å². The second-order valence-electron chi connectivity index (χ2n) is 7.86. The predicted molar refractivity (Wildman–Crippen MR) is 95.1 cm³/mol. The van der Waals surface area contributed by atoms with Gasteiger partial charge >= 0.3 is 0 Å². The second-order valence-corrected chi connectivity index (χ2v) is 7.86. The van der Waals surface area contributed by atoms with Crippen molar-refractivity contribution in [1.82, 2.24) is 20.2 Å². The molecule has 27 heavy (non-hydrogen) atoms. The van der Waals surface area contributed by atoms with Crippen LogP contribution in [0, 0.1) is 19.8 Å². The first kappa shape index (κ1) is 18.2. The third-order valence-corrected chi connectivity index (χ3v) is 5.86. The maximum absolute atomic E-state index is 13.0. The molecule has 4 rings (SSSR count). The number of aryl methyl sites for hydroxylation is 2. The van der Waals surface area contributed by atoms with Crippen molar-refractivity contribution in [2.75, 3.05) is 20.2 Å². The van der Waals surface area contributed by atoms with Crippen molar-refractivity contribution >= 4 is 5.91 Å². The van der Waals surface area contributed by atoms with Gasteiger partial charge in [0.1, 0.15) is 5.76 Å². The van der Waals surface area contributed by atoms with E-state index in [1.807, 2.05) is 11.8 Å². The molecule has 0 bridgehead atoms. The Labute approximate surface area is 158 Å². The van der Waals surface area contributed by atoms with Crippen LogP contribution in [0.15, 0.2) is 9.05 Å². The smallest absolute Gasteiger partial charge is 0.276 e. The van der Waals surface area contributed by atoms with E-state index in [0.717, 1.165) is 36.6 Å². The molecular formula is C19H26N4O4. The molecular weight excluding hydrogens is 348 g/mol. The lowest BCUT2D eigenvalue weighted by molar-refractivity contribution is 0.0631. The first-order valence-electron chi connectivity index (χ1n) is 9.56. The van der Waals surface area contributed by atoms with Crippen molar-refractivity contribution < 1.29 is 18.6 Å². The highest BCUT2D eigenvalue weighted by Crippen LogP contribution is 2.46. The molecule has 2 fully saturated rings. The molecule has 0 atom stereocenters. The SMILES string of the molecule is COCc1c(C(=O)N2CCC(CC3CC3)(c3noc(C)n3)CC2)noc1C. The number of carbonyl (C=O) groups is 1. The fraction of sp³-hybridized carbons (Fsp3) is 0.684. The number of ether oxygens (including phenoxy) is 1. The summed E-state index contributed by atoms with van der Waals surface area (Å²) in [6, 6.07) is 0. The first-order chi connectivity index (χ1) is 13.0. The molecule has 0 radical (unpaired) electrons. The molecule has 0 unspecified atom stereocenters. The van der Waals surface area contributed by atoms with E-state index < -0.39 is 0 Å². The molecule has 1 saturated heterocycles. The number of likely N-dealkylation sites (tertiary alicyclic amines) is 1. The van der Waals surface area contributed by atoms with Gasteiger partial charge in [-0.05, 0) is 32.1 Å². The van der Waals surface area contributed by atoms with Crippen LogP contribution in [0.4, 0.5) is 0 Å². The summed E-state index contributed by atoms with van der Waals surface area (Å²) in [6.07, 6.45) is 5.31. The summed E-state index contributed by atoms with van der Waals surface area (Å²) in [5.74, 6) is 2.68. The molecule has 2 aliphatic rings. The highest BCUT2D eigenvalue weighted by atomic mass is 16.5. The van der Waals surface area contributed by atoms with Crippen LogP contribution in [0.5, 0.6) is 0 Å². The van der Waals surface area contributed by atoms with Gasteiger partial charge in [0.15, 0.2) is 11.5 Å². The number of piperidine rings is 1. The largest absolute Gasteiger partial charge is 0.380 e. The molecule has 146 valence electrons. The maximum atomic E-state index is 13.0. The third-order valence-electron chi connectivity index (χ3n) is 5.86. The standard InChI is InChI=1S/C19H26N4O4/c1-12-15(11-25-3)16(21-26-12)17(24)23-8-6-19(7-9-23,10-14-4-5-14)18-20-13(2)27-22-18/h14H,4-11H2,1-3H3. The molecule has 8 heteroatoms. The predicted octanol–water partition coefficient (Wildman–Crippen LogP) is 2.79. The maximum Gasteiger partial charge on any atom is 0.276 e. The van der Waals surface area contributed by atoms with Crippen molar-refractivity contribution in [2.24, 2.45) is 5.92 Å². The van der Waals surface area contributed by atoms with Gasteiger partial charge in [-0.1, -0.05) is 23.2 Å². The number of methoxy groups -OCH3 is 1. The lowest BCUT2D eigenvalue weighted by Gasteiger charge is -2.40. The highest BCUT2D eigenvalue weighted by molar-refractivity contribution is 5.93. The minimum absolute atomic E-state index is 0.0925. The summed E-state index contributed by atoms with van der Waals surface area (Å²) in [6.45, 7) is 5.24. The van der Waals surface area contributed by atoms with Crippen LogP contribution in [-0.4, -0.2) is 46.3 Å². The molecule has 2 aromatic rings. The minimum atomic E-state index is -0.0942. The minimum Gasteiger partial charge on any atom is -0.380 e. The van der Waals surface area contributed by atoms with Gasteiger partial charge in [-0.2, -0.15) is 4.98 Å². The molecule has 1 aliphatic carbocycles. The molecule has 0 N–H and O–H groups in total. The number of carbonyl (C=O) groups excluding carboxylic acids is 1. The molecule has 0 spiro atoms. The van der Waals surface area contributed by atoms with Crippen LogP contribution in [0.1, 0.15) is 65.6 Å². The van der Waals surface area contributed by atoms with Crippen LogP contribution in [-0.2, 0) is 16.8 Å². The number of amides is 1. The number of nitrogens with zero attached hydrogens (tertiary/aromatic N) is 4. The third kappa shape index (κ3) is 3.50. The van der Waals surface area contributed by atoms with Gasteiger partial charge in [-0.25, -0.2) is 0 Å². The summed E-state index contributed by atoms with van der Waals surface area (Å²) >= 11 is 0. The Morgan fingerprint density at radius 1 is 1.22 bits per heavy atom. The Bertz CT molecular complexity index is 816. The summed E-state index contributed by atoms with van der Waals surface area (Å²) in [4.78, 5) is 19.4. The van der Waals surface area contributed by atoms with E-state index in [-0.39, 0.29) is 11.3 Å². The zero-order valence-corrected chi connectivity index (χ0v) is 16.2. The van der Waals surface area contributed by atoms with E-state index >= 15 is 0 Å². The highest BCUT2D eigenvalue weighted by Gasteiger charge is 2.45. The zero-order valence-electron chi connectivity index (χ0n) is 16.2. The molecule has 1 amide bonds. The summed E-state index contributed by atoms with van der Waals surface area (Å²) in [7, 11) is 1.60. The fourth-order valence-electron chi connectivity index (χ4n) is 4.07. The molecule has 8 nitrogen and oxygen atoms in total. The van der Waals surface area contributed by atoms with Gasteiger partial charge in [0.05, 0.1) is 12.2 Å². The topological polar surface area (TPSA) is 94.5 Å². The van der Waals surface area contributed by atoms with E-state index in [0.29, 0.717) is 37.0 Å². The van der Waals surface area contributed by atoms with Gasteiger partial charge in [-0.15, -0.1) is 0 Å². The van der Waals surface area contributed by atoms with Crippen molar-refractivity contribution in [3.05, 3.63) is 28.7 Å². The Kier molecular flexibility index (Phi) is 4.75. The summed E-state index contributed by atoms with van der Waals surface area (Å²) in [5.41, 5.74) is 0.996. The lowest BCUT2D eigenvalue weighted by Crippen LogP contribution is -2.46. The lowest BCUT2D eigenvalue weighted by atomic mass is 9.73. The van der Waals surface area contributed by atoms with E-state index in [9.17, 15) is 4.79 Å². The Morgan fingerprint density at radius 2 is 1.96 bits per heavy atom. The van der Waals surface area contributed by atoms with Crippen molar-refractivity contribution in [3.63, 3.8) is 0 Å². The van der Waals surface area contributed by atoms with Crippen LogP contribution in [0.25, 0.3) is 0 Å². The molecule has 3 heterocycles. The second kappa shape index (κ2) is 7.07. The first-order valence-corrected chi connectivity index (χ1v) is 9.56. The molecule has 0 aromatic carbocycles. The molecule has 1 aliphatic heterocycles. The normalized spacial score (nSPS) is 19.4. The van der Waals surface area contributed by atoms with E-state index in [1.165, 1.54) is 12.8 Å². The van der Waals surface area contributed by atoms with Crippen LogP contribution < -0.4 is 0 Å². The average molecular weight is 374 g/mol. The van der Waals surface area contributed by atoms with Gasteiger partial charge in [0.2, 0.25) is 5.89 Å². The van der Waals surface area contributed by atoms with Crippen LogP contribution in [0.3, 0.4) is 0 Å². The van der Waals surface area contributed by atoms with Gasteiger partial charge in [0, 0.05) is 32.5 Å². The fourth-order valence-corrected chi connectivity index (χ4v) is 4.07. The zero-order chi connectivity index (χ0) is 19.0. The number of rotatable bonds is 6. The van der Waals surface area contributed by atoms with E-state index in [1.54, 1.807) is 14.0 Å². The Balaban J connectivity index is 1.50. The van der Waals surface area contributed by atoms with E-state index in [4.69, 9.17) is 13.8 Å². The number of aromatic nitrogens is 3. The average Bonchev–Trinajstić information content (AvgIpc) is 3.24. The van der Waals surface area contributed by atoms with Gasteiger partial charge in [0.25, 0.3) is 5.91 Å². The van der Waals surface area contributed by atoms with Crippen molar-refractivity contribution in [3.8, 4) is 0 Å². The monoisotopic (exact) mass is 374 g/mol. The summed E-state index contributed by atoms with van der Waals surface area (Å²) in [5, 5.41) is 8.21. The van der Waals surface area contributed by atoms with Crippen molar-refractivity contribution in [2.45, 2.75) is 58.0 Å². The Hall–Kier alpha value is -2.22. The van der Waals surface area contributed by atoms with Crippen molar-refractivity contribution in [1.29, 1.82) is 0 Å². The quantitative estimate of drug-likeness (QED) is 0.767.